The van der Waals surface area contributed by atoms with Crippen LogP contribution in [-0.2, 0) is 10.0 Å². The molecule has 0 aromatic heterocycles. The van der Waals surface area contributed by atoms with Gasteiger partial charge < -0.3 is 5.73 Å². The van der Waals surface area contributed by atoms with Gasteiger partial charge in [0.05, 0.1) is 5.75 Å². The number of hydrogen-bond acceptors (Lipinski definition) is 3. The van der Waals surface area contributed by atoms with Crippen LogP contribution in [-0.4, -0.2) is 27.3 Å². The molecule has 0 aliphatic carbocycles. The quantitative estimate of drug-likeness (QED) is 0.554. The number of rotatable bonds is 8. The number of halogens is 1. The highest BCUT2D eigenvalue weighted by molar-refractivity contribution is 7.89. The van der Waals surface area contributed by atoms with Crippen molar-refractivity contribution in [1.29, 1.82) is 0 Å². The minimum absolute atomic E-state index is 0. The maximum Gasteiger partial charge on any atom is 0.211 e. The molecule has 1 atom stereocenters. The summed E-state index contributed by atoms with van der Waals surface area (Å²) >= 11 is 0. The molecule has 23 heavy (non-hydrogen) atoms. The Hall–Kier alpha value is -1.06. The molecule has 4 nitrogen and oxygen atoms in total. The van der Waals surface area contributed by atoms with Crippen molar-refractivity contribution in [3.8, 4) is 11.8 Å². The highest BCUT2D eigenvalue weighted by atomic mass is 35.5. The molecule has 0 bridgehead atoms. The molecule has 0 heterocycles. The Morgan fingerprint density at radius 1 is 1.26 bits per heavy atom. The van der Waals surface area contributed by atoms with E-state index in [1.54, 1.807) is 0 Å². The van der Waals surface area contributed by atoms with Crippen LogP contribution in [0.2, 0.25) is 0 Å². The van der Waals surface area contributed by atoms with Crippen molar-refractivity contribution in [2.24, 2.45) is 5.73 Å². The summed E-state index contributed by atoms with van der Waals surface area (Å²) in [6, 6.07) is 7.96. The minimum Gasteiger partial charge on any atom is -0.330 e. The summed E-state index contributed by atoms with van der Waals surface area (Å²) in [6.07, 6.45) is 2.36. The molecule has 0 amide bonds. The Morgan fingerprint density at radius 2 is 1.91 bits per heavy atom. The zero-order valence-electron chi connectivity index (χ0n) is 13.8. The lowest BCUT2D eigenvalue weighted by atomic mass is 10.0. The molecule has 0 saturated carbocycles. The molecule has 6 heteroatoms. The average molecular weight is 359 g/mol. The Morgan fingerprint density at radius 3 is 2.48 bits per heavy atom. The number of hydrogen-bond donors (Lipinski definition) is 2. The van der Waals surface area contributed by atoms with Crippen LogP contribution in [0.4, 0.5) is 0 Å². The molecular weight excluding hydrogens is 332 g/mol. The van der Waals surface area contributed by atoms with E-state index in [9.17, 15) is 8.42 Å². The summed E-state index contributed by atoms with van der Waals surface area (Å²) in [7, 11) is -3.14. The van der Waals surface area contributed by atoms with Crippen LogP contribution in [0.1, 0.15) is 50.2 Å². The third-order valence-corrected chi connectivity index (χ3v) is 4.85. The summed E-state index contributed by atoms with van der Waals surface area (Å²) in [5.74, 6) is 6.50. The Labute approximate surface area is 146 Å². The molecule has 0 saturated heterocycles. The number of unbranched alkanes of at least 4 members (excludes halogenated alkanes) is 1. The number of benzene rings is 1. The largest absolute Gasteiger partial charge is 0.330 e. The fourth-order valence-electron chi connectivity index (χ4n) is 1.96. The van der Waals surface area contributed by atoms with Crippen LogP contribution < -0.4 is 10.5 Å². The zero-order chi connectivity index (χ0) is 16.4. The van der Waals surface area contributed by atoms with Crippen molar-refractivity contribution < 1.29 is 8.42 Å². The van der Waals surface area contributed by atoms with Crippen LogP contribution in [0.15, 0.2) is 24.3 Å². The van der Waals surface area contributed by atoms with E-state index in [0.29, 0.717) is 19.5 Å². The lowest BCUT2D eigenvalue weighted by Gasteiger charge is -2.13. The molecule has 1 rings (SSSR count). The van der Waals surface area contributed by atoms with E-state index in [-0.39, 0.29) is 24.1 Å². The van der Waals surface area contributed by atoms with Crippen LogP contribution in [0, 0.1) is 11.8 Å². The van der Waals surface area contributed by atoms with Gasteiger partial charge in [-0.2, -0.15) is 0 Å². The summed E-state index contributed by atoms with van der Waals surface area (Å²) in [4.78, 5) is 0. The van der Waals surface area contributed by atoms with Gasteiger partial charge in [0.2, 0.25) is 10.0 Å². The number of nitrogens with one attached hydrogen (secondary N) is 1. The van der Waals surface area contributed by atoms with Gasteiger partial charge in [-0.05, 0) is 43.0 Å². The molecule has 1 aromatic carbocycles. The van der Waals surface area contributed by atoms with Gasteiger partial charge in [-0.3, -0.25) is 0 Å². The van der Waals surface area contributed by atoms with E-state index >= 15 is 0 Å². The Balaban J connectivity index is 0.00000484. The van der Waals surface area contributed by atoms with Crippen molar-refractivity contribution in [3.05, 3.63) is 35.4 Å². The highest BCUT2D eigenvalue weighted by Crippen LogP contribution is 2.15. The Kier molecular flexibility index (Phi) is 10.9. The van der Waals surface area contributed by atoms with Gasteiger partial charge in [-0.15, -0.1) is 12.4 Å². The van der Waals surface area contributed by atoms with E-state index in [0.717, 1.165) is 24.0 Å². The smallest absolute Gasteiger partial charge is 0.211 e. The second-order valence-corrected chi connectivity index (χ2v) is 7.31. The molecule has 1 aromatic rings. The van der Waals surface area contributed by atoms with Gasteiger partial charge in [-0.1, -0.05) is 37.8 Å². The first kappa shape index (κ1) is 21.9. The van der Waals surface area contributed by atoms with Crippen molar-refractivity contribution in [2.45, 2.75) is 39.0 Å². The predicted octanol–water partition coefficient (Wildman–Crippen LogP) is 2.63. The van der Waals surface area contributed by atoms with E-state index < -0.39 is 10.0 Å². The van der Waals surface area contributed by atoms with Crippen LogP contribution in [0.25, 0.3) is 0 Å². The third kappa shape index (κ3) is 8.97. The van der Waals surface area contributed by atoms with Crippen molar-refractivity contribution >= 4 is 22.4 Å². The van der Waals surface area contributed by atoms with Gasteiger partial charge in [0.1, 0.15) is 0 Å². The Bertz CT molecular complexity index is 604. The monoisotopic (exact) mass is 358 g/mol. The maximum absolute atomic E-state index is 11.7. The van der Waals surface area contributed by atoms with E-state index in [2.05, 4.69) is 16.6 Å². The minimum atomic E-state index is -3.14. The highest BCUT2D eigenvalue weighted by Gasteiger charge is 2.11. The molecule has 130 valence electrons. The van der Waals surface area contributed by atoms with Gasteiger partial charge in [-0.25, -0.2) is 13.1 Å². The topological polar surface area (TPSA) is 72.2 Å². The number of nitrogens with two attached hydrogens (primary N) is 1. The van der Waals surface area contributed by atoms with Crippen LogP contribution >= 0.6 is 12.4 Å². The van der Waals surface area contributed by atoms with Gasteiger partial charge in [0.25, 0.3) is 0 Å². The lowest BCUT2D eigenvalue weighted by Crippen LogP contribution is -2.29. The fraction of sp³-hybridized carbons (Fsp3) is 0.529. The maximum atomic E-state index is 11.7. The average Bonchev–Trinajstić information content (AvgIpc) is 2.50. The van der Waals surface area contributed by atoms with Crippen molar-refractivity contribution in [3.63, 3.8) is 0 Å². The fourth-order valence-corrected chi connectivity index (χ4v) is 3.15. The zero-order valence-corrected chi connectivity index (χ0v) is 15.5. The first-order valence-corrected chi connectivity index (χ1v) is 9.40. The molecular formula is C17H27ClN2O2S. The summed E-state index contributed by atoms with van der Waals surface area (Å²) in [5, 5.41) is 0. The second-order valence-electron chi connectivity index (χ2n) is 5.38. The van der Waals surface area contributed by atoms with E-state index in [1.165, 1.54) is 0 Å². The molecule has 0 fully saturated rings. The molecule has 3 N–H and O–H groups in total. The normalized spacial score (nSPS) is 12.0. The van der Waals surface area contributed by atoms with Crippen LogP contribution in [0.5, 0.6) is 0 Å². The second kappa shape index (κ2) is 11.5. The predicted molar refractivity (Wildman–Crippen MR) is 99.4 cm³/mol. The number of sulfonamides is 1. The first-order chi connectivity index (χ1) is 10.5. The van der Waals surface area contributed by atoms with Crippen molar-refractivity contribution in [1.82, 2.24) is 4.72 Å². The summed E-state index contributed by atoms with van der Waals surface area (Å²) < 4.78 is 26.0. The van der Waals surface area contributed by atoms with Gasteiger partial charge >= 0.3 is 0 Å². The van der Waals surface area contributed by atoms with Gasteiger partial charge in [0.15, 0.2) is 0 Å². The van der Waals surface area contributed by atoms with E-state index in [4.69, 9.17) is 5.73 Å². The van der Waals surface area contributed by atoms with Gasteiger partial charge in [0, 0.05) is 18.5 Å². The molecule has 0 aliphatic heterocycles. The first-order valence-electron chi connectivity index (χ1n) is 7.74. The third-order valence-electron chi connectivity index (χ3n) is 3.30. The molecule has 0 radical (unpaired) electrons. The molecule has 1 unspecified atom stereocenters. The van der Waals surface area contributed by atoms with Crippen molar-refractivity contribution in [2.75, 3.05) is 18.8 Å². The SMILES string of the molecule is CCCS(=O)(=O)NCC(C)c1ccc(C#CCCCN)cc1.Cl. The summed E-state index contributed by atoms with van der Waals surface area (Å²) in [5.41, 5.74) is 7.50. The lowest BCUT2D eigenvalue weighted by molar-refractivity contribution is 0.573. The summed E-state index contributed by atoms with van der Waals surface area (Å²) in [6.45, 7) is 4.95. The molecule has 0 spiro atoms. The van der Waals surface area contributed by atoms with E-state index in [1.807, 2.05) is 38.1 Å². The standard InChI is InChI=1S/C17H26N2O2S.ClH/c1-3-13-22(20,21)19-14-15(2)17-10-8-16(9-11-17)7-5-4-6-12-18;/h8-11,15,19H,3-4,6,12-14,18H2,1-2H3;1H. The van der Waals surface area contributed by atoms with Crippen LogP contribution in [0.3, 0.4) is 0 Å². The molecule has 0 aliphatic rings.